The minimum absolute atomic E-state index is 0.0242. The summed E-state index contributed by atoms with van der Waals surface area (Å²) in [4.78, 5) is 31.0. The Labute approximate surface area is 181 Å². The third kappa shape index (κ3) is 5.24. The largest absolute Gasteiger partial charge is 0.378 e. The fraction of sp³-hybridized carbons (Fsp3) is 0.160. The molecule has 0 spiro atoms. The van der Waals surface area contributed by atoms with Crippen LogP contribution in [0.4, 0.5) is 5.69 Å². The molecule has 6 heteroatoms. The standard InChI is InChI=1S/C25H23N3O3/c29-24(23-7-3-4-14-26-23)27-21-12-9-19(10-13-21)8-11-20-5-1-2-6-22(20)25(30)28-15-17-31-18-16-28/h1-14H,15-18H2,(H,27,29)/b11-8+. The third-order valence-electron chi connectivity index (χ3n) is 5.01. The van der Waals surface area contributed by atoms with E-state index in [1.165, 1.54) is 0 Å². The van der Waals surface area contributed by atoms with Crippen LogP contribution >= 0.6 is 0 Å². The van der Waals surface area contributed by atoms with Gasteiger partial charge >= 0.3 is 0 Å². The maximum atomic E-state index is 12.9. The minimum Gasteiger partial charge on any atom is -0.378 e. The van der Waals surface area contributed by atoms with Gasteiger partial charge in [0.15, 0.2) is 0 Å². The number of anilines is 1. The van der Waals surface area contributed by atoms with E-state index in [1.807, 2.05) is 65.6 Å². The second-order valence-electron chi connectivity index (χ2n) is 7.12. The number of rotatable bonds is 5. The molecule has 0 atom stereocenters. The van der Waals surface area contributed by atoms with Gasteiger partial charge in [0.2, 0.25) is 0 Å². The zero-order valence-electron chi connectivity index (χ0n) is 17.0. The molecule has 1 aromatic heterocycles. The molecular weight excluding hydrogens is 390 g/mol. The molecule has 1 aliphatic rings. The summed E-state index contributed by atoms with van der Waals surface area (Å²) in [7, 11) is 0. The summed E-state index contributed by atoms with van der Waals surface area (Å²) in [6.45, 7) is 2.38. The number of benzene rings is 2. The molecule has 1 fully saturated rings. The summed E-state index contributed by atoms with van der Waals surface area (Å²) in [6, 6.07) is 20.3. The van der Waals surface area contributed by atoms with Crippen molar-refractivity contribution in [2.24, 2.45) is 0 Å². The van der Waals surface area contributed by atoms with Crippen LogP contribution in [-0.2, 0) is 4.74 Å². The molecule has 0 radical (unpaired) electrons. The van der Waals surface area contributed by atoms with Gasteiger partial charge < -0.3 is 15.0 Å². The number of ether oxygens (including phenoxy) is 1. The van der Waals surface area contributed by atoms with Crippen LogP contribution in [0.1, 0.15) is 32.0 Å². The van der Waals surface area contributed by atoms with Crippen LogP contribution in [0.15, 0.2) is 72.9 Å². The van der Waals surface area contributed by atoms with Gasteiger partial charge in [-0.15, -0.1) is 0 Å². The van der Waals surface area contributed by atoms with Gasteiger partial charge in [-0.2, -0.15) is 0 Å². The van der Waals surface area contributed by atoms with Crippen molar-refractivity contribution >= 4 is 29.7 Å². The van der Waals surface area contributed by atoms with E-state index >= 15 is 0 Å². The highest BCUT2D eigenvalue weighted by Crippen LogP contribution is 2.18. The van der Waals surface area contributed by atoms with Gasteiger partial charge in [-0.3, -0.25) is 14.6 Å². The predicted molar refractivity (Wildman–Crippen MR) is 121 cm³/mol. The van der Waals surface area contributed by atoms with E-state index in [0.29, 0.717) is 43.2 Å². The average molecular weight is 413 g/mol. The van der Waals surface area contributed by atoms with Crippen LogP contribution in [0.5, 0.6) is 0 Å². The lowest BCUT2D eigenvalue weighted by Gasteiger charge is -2.27. The molecule has 1 aliphatic heterocycles. The summed E-state index contributed by atoms with van der Waals surface area (Å²) < 4.78 is 5.34. The van der Waals surface area contributed by atoms with Gasteiger partial charge in [0.05, 0.1) is 13.2 Å². The molecule has 2 heterocycles. The summed E-state index contributed by atoms with van der Waals surface area (Å²) in [6.07, 6.45) is 5.48. The molecule has 0 bridgehead atoms. The first-order valence-corrected chi connectivity index (χ1v) is 10.2. The lowest BCUT2D eigenvalue weighted by molar-refractivity contribution is 0.0302. The number of amides is 2. The molecule has 3 aromatic rings. The van der Waals surface area contributed by atoms with Gasteiger partial charge in [0, 0.05) is 30.5 Å². The number of carbonyl (C=O) groups excluding carboxylic acids is 2. The lowest BCUT2D eigenvalue weighted by atomic mass is 10.0. The highest BCUT2D eigenvalue weighted by molar-refractivity contribution is 6.03. The fourth-order valence-corrected chi connectivity index (χ4v) is 3.33. The van der Waals surface area contributed by atoms with Crippen LogP contribution < -0.4 is 5.32 Å². The molecule has 1 N–H and O–H groups in total. The quantitative estimate of drug-likeness (QED) is 0.643. The van der Waals surface area contributed by atoms with Crippen molar-refractivity contribution < 1.29 is 14.3 Å². The Morgan fingerprint density at radius 1 is 0.903 bits per heavy atom. The number of aromatic nitrogens is 1. The smallest absolute Gasteiger partial charge is 0.274 e. The van der Waals surface area contributed by atoms with Crippen molar-refractivity contribution in [2.75, 3.05) is 31.6 Å². The predicted octanol–water partition coefficient (Wildman–Crippen LogP) is 3.98. The Morgan fingerprint density at radius 2 is 1.65 bits per heavy atom. The van der Waals surface area contributed by atoms with Crippen molar-refractivity contribution in [2.45, 2.75) is 0 Å². The van der Waals surface area contributed by atoms with Gasteiger partial charge in [-0.25, -0.2) is 0 Å². The van der Waals surface area contributed by atoms with E-state index in [9.17, 15) is 9.59 Å². The molecule has 1 saturated heterocycles. The molecule has 4 rings (SSSR count). The molecule has 6 nitrogen and oxygen atoms in total. The molecule has 0 unspecified atom stereocenters. The van der Waals surface area contributed by atoms with Crippen LogP contribution in [-0.4, -0.2) is 48.0 Å². The molecule has 0 saturated carbocycles. The second-order valence-corrected chi connectivity index (χ2v) is 7.12. The molecule has 31 heavy (non-hydrogen) atoms. The minimum atomic E-state index is -0.251. The Kier molecular flexibility index (Phi) is 6.50. The zero-order valence-corrected chi connectivity index (χ0v) is 17.0. The first kappa shape index (κ1) is 20.5. The summed E-state index contributed by atoms with van der Waals surface area (Å²) in [5, 5.41) is 2.83. The molecule has 156 valence electrons. The van der Waals surface area contributed by atoms with Crippen molar-refractivity contribution in [3.8, 4) is 0 Å². The zero-order chi connectivity index (χ0) is 21.5. The average Bonchev–Trinajstić information content (AvgIpc) is 2.84. The molecule has 2 aromatic carbocycles. The summed E-state index contributed by atoms with van der Waals surface area (Å²) in [5.74, 6) is -0.226. The van der Waals surface area contributed by atoms with Crippen LogP contribution in [0, 0.1) is 0 Å². The first-order chi connectivity index (χ1) is 15.2. The number of hydrogen-bond donors (Lipinski definition) is 1. The molecular formula is C25H23N3O3. The van der Waals surface area contributed by atoms with E-state index in [0.717, 1.165) is 11.1 Å². The molecule has 2 amide bonds. The van der Waals surface area contributed by atoms with Gasteiger partial charge in [-0.1, -0.05) is 48.6 Å². The number of morpholine rings is 1. The number of carbonyl (C=O) groups is 2. The van der Waals surface area contributed by atoms with Crippen LogP contribution in [0.3, 0.4) is 0 Å². The van der Waals surface area contributed by atoms with E-state index in [1.54, 1.807) is 24.4 Å². The van der Waals surface area contributed by atoms with E-state index < -0.39 is 0 Å². The van der Waals surface area contributed by atoms with Crippen molar-refractivity contribution in [3.05, 3.63) is 95.3 Å². The van der Waals surface area contributed by atoms with Crippen molar-refractivity contribution in [1.82, 2.24) is 9.88 Å². The maximum Gasteiger partial charge on any atom is 0.274 e. The van der Waals surface area contributed by atoms with Crippen LogP contribution in [0.25, 0.3) is 12.2 Å². The highest BCUT2D eigenvalue weighted by atomic mass is 16.5. The Bertz CT molecular complexity index is 1070. The summed E-state index contributed by atoms with van der Waals surface area (Å²) in [5.41, 5.74) is 3.57. The summed E-state index contributed by atoms with van der Waals surface area (Å²) >= 11 is 0. The number of hydrogen-bond acceptors (Lipinski definition) is 4. The van der Waals surface area contributed by atoms with E-state index in [2.05, 4.69) is 10.3 Å². The Morgan fingerprint density at radius 3 is 2.39 bits per heavy atom. The monoisotopic (exact) mass is 413 g/mol. The SMILES string of the molecule is O=C(Nc1ccc(/C=C/c2ccccc2C(=O)N2CCOCC2)cc1)c1ccccn1. The van der Waals surface area contributed by atoms with Gasteiger partial charge in [0.25, 0.3) is 11.8 Å². The number of pyridine rings is 1. The number of nitrogens with one attached hydrogen (secondary N) is 1. The van der Waals surface area contributed by atoms with E-state index in [-0.39, 0.29) is 11.8 Å². The Hall–Kier alpha value is -3.77. The number of nitrogens with zero attached hydrogens (tertiary/aromatic N) is 2. The first-order valence-electron chi connectivity index (χ1n) is 10.2. The van der Waals surface area contributed by atoms with Crippen LogP contribution in [0.2, 0.25) is 0 Å². The Balaban J connectivity index is 1.44. The fourth-order valence-electron chi connectivity index (χ4n) is 3.33. The lowest BCUT2D eigenvalue weighted by Crippen LogP contribution is -2.40. The second kappa shape index (κ2) is 9.82. The van der Waals surface area contributed by atoms with Crippen molar-refractivity contribution in [1.29, 1.82) is 0 Å². The maximum absolute atomic E-state index is 12.9. The normalized spacial score (nSPS) is 13.9. The highest BCUT2D eigenvalue weighted by Gasteiger charge is 2.19. The topological polar surface area (TPSA) is 71.5 Å². The van der Waals surface area contributed by atoms with Gasteiger partial charge in [-0.05, 0) is 41.5 Å². The van der Waals surface area contributed by atoms with Gasteiger partial charge in [0.1, 0.15) is 5.69 Å². The van der Waals surface area contributed by atoms with E-state index in [4.69, 9.17) is 4.74 Å². The third-order valence-corrected chi connectivity index (χ3v) is 5.01. The molecule has 0 aliphatic carbocycles. The van der Waals surface area contributed by atoms with Crippen molar-refractivity contribution in [3.63, 3.8) is 0 Å².